The predicted molar refractivity (Wildman–Crippen MR) is 126 cm³/mol. The Hall–Kier alpha value is -3.32. The van der Waals surface area contributed by atoms with Gasteiger partial charge < -0.3 is 14.6 Å². The number of methoxy groups -OCH3 is 1. The highest BCUT2D eigenvalue weighted by Gasteiger charge is 2.22. The highest BCUT2D eigenvalue weighted by molar-refractivity contribution is 8.00. The summed E-state index contributed by atoms with van der Waals surface area (Å²) in [5.41, 5.74) is 1.68. The smallest absolute Gasteiger partial charge is 0.237 e. The minimum Gasteiger partial charge on any atom is -0.496 e. The first-order valence-corrected chi connectivity index (χ1v) is 11.0. The first-order valence-electron chi connectivity index (χ1n) is 10.1. The van der Waals surface area contributed by atoms with Gasteiger partial charge in [0.05, 0.1) is 17.9 Å². The van der Waals surface area contributed by atoms with Gasteiger partial charge in [-0.2, -0.15) is 0 Å². The van der Waals surface area contributed by atoms with Gasteiger partial charge in [-0.25, -0.2) is 0 Å². The van der Waals surface area contributed by atoms with Crippen molar-refractivity contribution in [2.75, 3.05) is 12.4 Å². The molecular formula is C24H24N4O2S. The standard InChI is InChI=1S/C24H24N4O2S/c1-4-28-22(19-13-7-8-15-21(19)30-3)26-27-24(28)31-16(2)23(29)25-20-14-9-11-17-10-5-6-12-18(17)20/h5-16H,4H2,1-3H3,(H,25,29)/t16-/m0/s1. The molecule has 4 rings (SSSR count). The van der Waals surface area contributed by atoms with E-state index in [-0.39, 0.29) is 11.2 Å². The largest absolute Gasteiger partial charge is 0.496 e. The molecule has 3 aromatic carbocycles. The molecule has 0 saturated heterocycles. The van der Waals surface area contributed by atoms with Crippen molar-refractivity contribution < 1.29 is 9.53 Å². The van der Waals surface area contributed by atoms with Crippen molar-refractivity contribution in [3.8, 4) is 17.1 Å². The average molecular weight is 433 g/mol. The first kappa shape index (κ1) is 20.9. The number of thioether (sulfide) groups is 1. The fraction of sp³-hybridized carbons (Fsp3) is 0.208. The van der Waals surface area contributed by atoms with Gasteiger partial charge in [0, 0.05) is 17.6 Å². The lowest BCUT2D eigenvalue weighted by molar-refractivity contribution is -0.115. The zero-order valence-electron chi connectivity index (χ0n) is 17.7. The van der Waals surface area contributed by atoms with Gasteiger partial charge in [0.1, 0.15) is 5.75 Å². The van der Waals surface area contributed by atoms with Crippen LogP contribution in [-0.4, -0.2) is 33.0 Å². The molecule has 31 heavy (non-hydrogen) atoms. The van der Waals surface area contributed by atoms with E-state index in [4.69, 9.17) is 4.74 Å². The summed E-state index contributed by atoms with van der Waals surface area (Å²) in [4.78, 5) is 12.9. The summed E-state index contributed by atoms with van der Waals surface area (Å²) in [5, 5.41) is 14.3. The highest BCUT2D eigenvalue weighted by atomic mass is 32.2. The minimum atomic E-state index is -0.348. The van der Waals surface area contributed by atoms with E-state index in [0.717, 1.165) is 33.6 Å². The average Bonchev–Trinajstić information content (AvgIpc) is 3.21. The van der Waals surface area contributed by atoms with Crippen LogP contribution >= 0.6 is 11.8 Å². The monoisotopic (exact) mass is 432 g/mol. The summed E-state index contributed by atoms with van der Waals surface area (Å²) in [5.74, 6) is 1.39. The molecule has 1 atom stereocenters. The molecule has 4 aromatic rings. The maximum atomic E-state index is 12.9. The molecule has 158 valence electrons. The van der Waals surface area contributed by atoms with E-state index in [9.17, 15) is 4.79 Å². The number of benzene rings is 3. The quantitative estimate of drug-likeness (QED) is 0.404. The lowest BCUT2D eigenvalue weighted by atomic mass is 10.1. The third-order valence-corrected chi connectivity index (χ3v) is 6.16. The Morgan fingerprint density at radius 2 is 1.81 bits per heavy atom. The van der Waals surface area contributed by atoms with Gasteiger partial charge in [0.25, 0.3) is 0 Å². The number of rotatable bonds is 7. The van der Waals surface area contributed by atoms with E-state index >= 15 is 0 Å². The van der Waals surface area contributed by atoms with Gasteiger partial charge in [0.2, 0.25) is 5.91 Å². The molecule has 0 aliphatic rings. The Bertz CT molecular complexity index is 1220. The fourth-order valence-corrected chi connectivity index (χ4v) is 4.38. The molecule has 0 aliphatic carbocycles. The second-order valence-electron chi connectivity index (χ2n) is 7.03. The van der Waals surface area contributed by atoms with Gasteiger partial charge >= 0.3 is 0 Å². The molecule has 1 amide bonds. The Kier molecular flexibility index (Phi) is 6.23. The Morgan fingerprint density at radius 1 is 1.06 bits per heavy atom. The normalized spacial score (nSPS) is 12.0. The van der Waals surface area contributed by atoms with Gasteiger partial charge in [-0.15, -0.1) is 10.2 Å². The Morgan fingerprint density at radius 3 is 2.61 bits per heavy atom. The van der Waals surface area contributed by atoms with Crippen LogP contribution in [0.15, 0.2) is 71.9 Å². The summed E-state index contributed by atoms with van der Waals surface area (Å²) >= 11 is 1.39. The highest BCUT2D eigenvalue weighted by Crippen LogP contribution is 2.32. The molecular weight excluding hydrogens is 408 g/mol. The fourth-order valence-electron chi connectivity index (χ4n) is 3.47. The Labute approximate surface area is 185 Å². The van der Waals surface area contributed by atoms with Crippen molar-refractivity contribution in [1.82, 2.24) is 14.8 Å². The van der Waals surface area contributed by atoms with Gasteiger partial charge in [0.15, 0.2) is 11.0 Å². The van der Waals surface area contributed by atoms with Crippen LogP contribution in [0.5, 0.6) is 5.75 Å². The van der Waals surface area contributed by atoms with Crippen LogP contribution in [0, 0.1) is 0 Å². The number of hydrogen-bond acceptors (Lipinski definition) is 5. The van der Waals surface area contributed by atoms with E-state index in [1.807, 2.05) is 85.1 Å². The third kappa shape index (κ3) is 4.27. The predicted octanol–water partition coefficient (Wildman–Crippen LogP) is 5.25. The second kappa shape index (κ2) is 9.22. The molecule has 6 nitrogen and oxygen atoms in total. The topological polar surface area (TPSA) is 69.0 Å². The lowest BCUT2D eigenvalue weighted by Gasteiger charge is -2.14. The molecule has 7 heteroatoms. The van der Waals surface area contributed by atoms with Crippen molar-refractivity contribution in [2.24, 2.45) is 0 Å². The molecule has 0 spiro atoms. The number of aromatic nitrogens is 3. The second-order valence-corrected chi connectivity index (χ2v) is 8.33. The van der Waals surface area contributed by atoms with Crippen LogP contribution in [0.2, 0.25) is 0 Å². The number of carbonyl (C=O) groups excluding carboxylic acids is 1. The number of fused-ring (bicyclic) bond motifs is 1. The third-order valence-electron chi connectivity index (χ3n) is 5.08. The summed E-state index contributed by atoms with van der Waals surface area (Å²) < 4.78 is 7.48. The van der Waals surface area contributed by atoms with E-state index in [1.54, 1.807) is 7.11 Å². The van der Waals surface area contributed by atoms with Crippen molar-refractivity contribution >= 4 is 34.1 Å². The molecule has 1 heterocycles. The molecule has 0 bridgehead atoms. The maximum absolute atomic E-state index is 12.9. The van der Waals surface area contributed by atoms with Crippen LogP contribution in [-0.2, 0) is 11.3 Å². The van der Waals surface area contributed by atoms with Gasteiger partial charge in [-0.05, 0) is 37.4 Å². The number of nitrogens with one attached hydrogen (secondary N) is 1. The van der Waals surface area contributed by atoms with Crippen molar-refractivity contribution in [3.05, 3.63) is 66.7 Å². The van der Waals surface area contributed by atoms with Crippen molar-refractivity contribution in [1.29, 1.82) is 0 Å². The number of hydrogen-bond donors (Lipinski definition) is 1. The van der Waals surface area contributed by atoms with Crippen LogP contribution < -0.4 is 10.1 Å². The van der Waals surface area contributed by atoms with Crippen LogP contribution in [0.3, 0.4) is 0 Å². The number of amides is 1. The molecule has 1 N–H and O–H groups in total. The van der Waals surface area contributed by atoms with E-state index in [2.05, 4.69) is 15.5 Å². The van der Waals surface area contributed by atoms with E-state index in [0.29, 0.717) is 11.7 Å². The lowest BCUT2D eigenvalue weighted by Crippen LogP contribution is -2.23. The number of carbonyl (C=O) groups is 1. The first-order chi connectivity index (χ1) is 15.1. The summed E-state index contributed by atoms with van der Waals surface area (Å²) in [6, 6.07) is 21.6. The maximum Gasteiger partial charge on any atom is 0.237 e. The molecule has 1 aromatic heterocycles. The zero-order chi connectivity index (χ0) is 21.8. The summed E-state index contributed by atoms with van der Waals surface area (Å²) in [6.45, 7) is 4.59. The van der Waals surface area contributed by atoms with Gasteiger partial charge in [-0.3, -0.25) is 4.79 Å². The van der Waals surface area contributed by atoms with E-state index in [1.165, 1.54) is 11.8 Å². The van der Waals surface area contributed by atoms with Crippen LogP contribution in [0.25, 0.3) is 22.2 Å². The SMILES string of the molecule is CCn1c(S[C@@H](C)C(=O)Nc2cccc3ccccc23)nnc1-c1ccccc1OC. The molecule has 0 unspecified atom stereocenters. The number of ether oxygens (including phenoxy) is 1. The van der Waals surface area contributed by atoms with Crippen molar-refractivity contribution in [3.63, 3.8) is 0 Å². The van der Waals surface area contributed by atoms with Crippen LogP contribution in [0.1, 0.15) is 13.8 Å². The number of nitrogens with zero attached hydrogens (tertiary/aromatic N) is 3. The molecule has 0 aliphatic heterocycles. The minimum absolute atomic E-state index is 0.0779. The van der Waals surface area contributed by atoms with Crippen molar-refractivity contribution in [2.45, 2.75) is 30.8 Å². The number of anilines is 1. The van der Waals surface area contributed by atoms with E-state index < -0.39 is 0 Å². The summed E-state index contributed by atoms with van der Waals surface area (Å²) in [7, 11) is 1.64. The Balaban J connectivity index is 1.55. The molecule has 0 radical (unpaired) electrons. The van der Waals surface area contributed by atoms with Crippen LogP contribution in [0.4, 0.5) is 5.69 Å². The van der Waals surface area contributed by atoms with Gasteiger partial charge in [-0.1, -0.05) is 60.3 Å². The summed E-state index contributed by atoms with van der Waals surface area (Å²) in [6.07, 6.45) is 0. The number of para-hydroxylation sites is 1. The molecule has 0 fully saturated rings. The zero-order valence-corrected chi connectivity index (χ0v) is 18.5. The molecule has 0 saturated carbocycles.